The van der Waals surface area contributed by atoms with E-state index in [1.807, 2.05) is 0 Å². The van der Waals surface area contributed by atoms with Crippen LogP contribution >= 0.6 is 7.82 Å². The van der Waals surface area contributed by atoms with Crippen LogP contribution in [0.3, 0.4) is 0 Å². The van der Waals surface area contributed by atoms with Crippen molar-refractivity contribution in [1.82, 2.24) is 4.90 Å². The summed E-state index contributed by atoms with van der Waals surface area (Å²) in [5, 5.41) is 0. The van der Waals surface area contributed by atoms with Gasteiger partial charge in [-0.05, 0) is 25.9 Å². The molecule has 0 amide bonds. The Morgan fingerprint density at radius 2 is 1.56 bits per heavy atom. The molecule has 0 rings (SSSR count). The van der Waals surface area contributed by atoms with E-state index in [-0.39, 0.29) is 6.61 Å². The highest BCUT2D eigenvalue weighted by Gasteiger charge is 2.14. The molecule has 0 aromatic carbocycles. The highest BCUT2D eigenvalue weighted by atomic mass is 31.2. The fraction of sp³-hybridized carbons (Fsp3) is 1.00. The fourth-order valence-corrected chi connectivity index (χ4v) is 1.71. The number of hydrogen-bond acceptors (Lipinski definition) is 3. The van der Waals surface area contributed by atoms with E-state index in [4.69, 9.17) is 9.79 Å². The van der Waals surface area contributed by atoms with Crippen LogP contribution in [0, 0.1) is 0 Å². The van der Waals surface area contributed by atoms with Gasteiger partial charge < -0.3 is 14.7 Å². The molecule has 6 heteroatoms. The molecule has 0 saturated carbocycles. The van der Waals surface area contributed by atoms with Crippen molar-refractivity contribution < 1.29 is 18.9 Å². The number of hydrogen-bond donors (Lipinski definition) is 2. The van der Waals surface area contributed by atoms with Gasteiger partial charge in [0, 0.05) is 6.54 Å². The van der Waals surface area contributed by atoms with E-state index >= 15 is 0 Å². The Kier molecular flexibility index (Phi) is 9.18. The predicted molar refractivity (Wildman–Crippen MR) is 64.3 cm³/mol. The van der Waals surface area contributed by atoms with Gasteiger partial charge in [0.2, 0.25) is 0 Å². The molecule has 0 unspecified atom stereocenters. The first kappa shape index (κ1) is 16.1. The van der Waals surface area contributed by atoms with Crippen LogP contribution in [0.15, 0.2) is 0 Å². The van der Waals surface area contributed by atoms with Crippen molar-refractivity contribution in [1.29, 1.82) is 0 Å². The largest absolute Gasteiger partial charge is 0.469 e. The number of nitrogens with zero attached hydrogens (tertiary/aromatic N) is 1. The van der Waals surface area contributed by atoms with Crippen LogP contribution in [0.5, 0.6) is 0 Å². The molecular weight excluding hydrogens is 229 g/mol. The van der Waals surface area contributed by atoms with Gasteiger partial charge in [-0.2, -0.15) is 0 Å². The third kappa shape index (κ3) is 10.6. The van der Waals surface area contributed by atoms with Crippen LogP contribution in [0.2, 0.25) is 0 Å². The second-order valence-corrected chi connectivity index (χ2v) is 5.11. The van der Waals surface area contributed by atoms with Crippen molar-refractivity contribution in [2.24, 2.45) is 0 Å². The molecule has 2 N–H and O–H groups in total. The SMILES string of the molecule is CCCCN(CCCC)CCOP(=O)(O)O. The minimum Gasteiger partial charge on any atom is -0.303 e. The maximum atomic E-state index is 10.5. The lowest BCUT2D eigenvalue weighted by Crippen LogP contribution is -2.29. The summed E-state index contributed by atoms with van der Waals surface area (Å²) in [7, 11) is -4.30. The average molecular weight is 253 g/mol. The highest BCUT2D eigenvalue weighted by Crippen LogP contribution is 2.35. The lowest BCUT2D eigenvalue weighted by molar-refractivity contribution is 0.159. The predicted octanol–water partition coefficient (Wildman–Crippen LogP) is 2.00. The normalized spacial score (nSPS) is 12.3. The number of phosphoric acid groups is 1. The molecule has 0 bridgehead atoms. The van der Waals surface area contributed by atoms with Gasteiger partial charge in [0.1, 0.15) is 0 Å². The first-order valence-electron chi connectivity index (χ1n) is 5.92. The van der Waals surface area contributed by atoms with Gasteiger partial charge in [-0.1, -0.05) is 26.7 Å². The van der Waals surface area contributed by atoms with E-state index in [1.165, 1.54) is 0 Å². The summed E-state index contributed by atoms with van der Waals surface area (Å²) in [6.45, 7) is 6.89. The molecule has 0 heterocycles. The van der Waals surface area contributed by atoms with Crippen LogP contribution in [0.4, 0.5) is 0 Å². The smallest absolute Gasteiger partial charge is 0.303 e. The van der Waals surface area contributed by atoms with Crippen LogP contribution in [0.1, 0.15) is 39.5 Å². The van der Waals surface area contributed by atoms with Gasteiger partial charge in [0.05, 0.1) is 6.61 Å². The summed E-state index contributed by atoms with van der Waals surface area (Å²) >= 11 is 0. The van der Waals surface area contributed by atoms with E-state index in [9.17, 15) is 4.57 Å². The zero-order chi connectivity index (χ0) is 12.4. The zero-order valence-electron chi connectivity index (χ0n) is 10.3. The van der Waals surface area contributed by atoms with Crippen LogP contribution in [0.25, 0.3) is 0 Å². The molecular formula is C10H24NO4P. The average Bonchev–Trinajstić information content (AvgIpc) is 2.19. The summed E-state index contributed by atoms with van der Waals surface area (Å²) in [6.07, 6.45) is 4.48. The lowest BCUT2D eigenvalue weighted by atomic mass is 10.2. The minimum absolute atomic E-state index is 0.0949. The monoisotopic (exact) mass is 253 g/mol. The molecule has 0 aliphatic heterocycles. The van der Waals surface area contributed by atoms with Gasteiger partial charge in [0.15, 0.2) is 0 Å². The van der Waals surface area contributed by atoms with Crippen LogP contribution in [-0.2, 0) is 9.09 Å². The van der Waals surface area contributed by atoms with E-state index in [1.54, 1.807) is 0 Å². The van der Waals surface area contributed by atoms with Crippen molar-refractivity contribution in [3.8, 4) is 0 Å². The number of rotatable bonds is 10. The Balaban J connectivity index is 3.76. The van der Waals surface area contributed by atoms with Crippen LogP contribution < -0.4 is 0 Å². The molecule has 0 fully saturated rings. The quantitative estimate of drug-likeness (QED) is 0.583. The zero-order valence-corrected chi connectivity index (χ0v) is 11.2. The molecule has 98 valence electrons. The van der Waals surface area contributed by atoms with Gasteiger partial charge in [-0.15, -0.1) is 0 Å². The Bertz CT molecular complexity index is 199. The Morgan fingerprint density at radius 3 is 1.94 bits per heavy atom. The molecule has 0 aliphatic carbocycles. The Morgan fingerprint density at radius 1 is 1.06 bits per heavy atom. The van der Waals surface area contributed by atoms with E-state index in [2.05, 4.69) is 23.3 Å². The van der Waals surface area contributed by atoms with Gasteiger partial charge in [-0.3, -0.25) is 4.52 Å². The van der Waals surface area contributed by atoms with Crippen LogP contribution in [-0.4, -0.2) is 40.9 Å². The van der Waals surface area contributed by atoms with Crippen molar-refractivity contribution in [3.63, 3.8) is 0 Å². The molecule has 16 heavy (non-hydrogen) atoms. The maximum absolute atomic E-state index is 10.5. The molecule has 0 spiro atoms. The summed E-state index contributed by atoms with van der Waals surface area (Å²) in [5.74, 6) is 0. The Hall–Kier alpha value is 0.0700. The van der Waals surface area contributed by atoms with Gasteiger partial charge >= 0.3 is 7.82 Å². The molecule has 0 aliphatic rings. The number of phosphoric ester groups is 1. The topological polar surface area (TPSA) is 70.0 Å². The fourth-order valence-electron chi connectivity index (χ4n) is 1.39. The highest BCUT2D eigenvalue weighted by molar-refractivity contribution is 7.46. The molecule has 0 aromatic heterocycles. The standard InChI is InChI=1S/C10H24NO4P/c1-3-5-7-11(8-6-4-2)9-10-15-16(12,13)14/h3-10H2,1-2H3,(H2,12,13,14). The minimum atomic E-state index is -4.30. The second kappa shape index (κ2) is 9.14. The first-order valence-corrected chi connectivity index (χ1v) is 7.45. The molecule has 0 radical (unpaired) electrons. The van der Waals surface area contributed by atoms with E-state index in [0.717, 1.165) is 38.8 Å². The lowest BCUT2D eigenvalue weighted by Gasteiger charge is -2.21. The van der Waals surface area contributed by atoms with Crippen molar-refractivity contribution in [3.05, 3.63) is 0 Å². The third-order valence-electron chi connectivity index (χ3n) is 2.32. The number of unbranched alkanes of at least 4 members (excludes halogenated alkanes) is 2. The Labute approximate surface area is 98.0 Å². The van der Waals surface area contributed by atoms with E-state index in [0.29, 0.717) is 6.54 Å². The summed E-state index contributed by atoms with van der Waals surface area (Å²) in [5.41, 5.74) is 0. The first-order chi connectivity index (χ1) is 7.49. The van der Waals surface area contributed by atoms with Gasteiger partial charge in [0.25, 0.3) is 0 Å². The molecule has 0 saturated heterocycles. The summed E-state index contributed by atoms with van der Waals surface area (Å²) in [6, 6.07) is 0. The molecule has 5 nitrogen and oxygen atoms in total. The molecule has 0 aromatic rings. The van der Waals surface area contributed by atoms with E-state index < -0.39 is 7.82 Å². The van der Waals surface area contributed by atoms with Crippen molar-refractivity contribution in [2.75, 3.05) is 26.2 Å². The third-order valence-corrected chi connectivity index (χ3v) is 2.84. The second-order valence-electron chi connectivity index (χ2n) is 3.87. The summed E-state index contributed by atoms with van der Waals surface area (Å²) in [4.78, 5) is 19.3. The van der Waals surface area contributed by atoms with Crippen molar-refractivity contribution >= 4 is 7.82 Å². The van der Waals surface area contributed by atoms with Gasteiger partial charge in [-0.25, -0.2) is 4.57 Å². The molecule has 0 atom stereocenters. The summed E-state index contributed by atoms with van der Waals surface area (Å²) < 4.78 is 14.9. The van der Waals surface area contributed by atoms with Crippen molar-refractivity contribution in [2.45, 2.75) is 39.5 Å². The maximum Gasteiger partial charge on any atom is 0.469 e.